The van der Waals surface area contributed by atoms with Crippen molar-refractivity contribution in [2.45, 2.75) is 26.1 Å². The lowest BCUT2D eigenvalue weighted by molar-refractivity contribution is -0.142. The lowest BCUT2D eigenvalue weighted by Gasteiger charge is -2.15. The molecule has 0 aliphatic carbocycles. The zero-order chi connectivity index (χ0) is 15.3. The van der Waals surface area contributed by atoms with Crippen LogP contribution in [-0.2, 0) is 28.7 Å². The van der Waals surface area contributed by atoms with Gasteiger partial charge in [-0.15, -0.1) is 0 Å². The second-order valence-corrected chi connectivity index (χ2v) is 3.92. The number of hydrogen-bond donors (Lipinski definition) is 1. The van der Waals surface area contributed by atoms with Crippen LogP contribution >= 0.6 is 0 Å². The van der Waals surface area contributed by atoms with Gasteiger partial charge in [-0.1, -0.05) is 6.07 Å². The van der Waals surface area contributed by atoms with Crippen LogP contribution in [-0.4, -0.2) is 12.6 Å². The Hall–Kier alpha value is -2.07. The molecule has 0 radical (unpaired) electrons. The molecule has 0 aliphatic rings. The average Bonchev–Trinajstić information content (AvgIpc) is 2.37. The molecule has 0 bridgehead atoms. The molecule has 0 spiro atoms. The summed E-state index contributed by atoms with van der Waals surface area (Å²) in [5.74, 6) is -0.696. The van der Waals surface area contributed by atoms with Crippen LogP contribution in [0.15, 0.2) is 12.1 Å². The Balaban J connectivity index is 3.38. The Bertz CT molecular complexity index is 548. The number of hydrogen-bond acceptors (Lipinski definition) is 4. The third kappa shape index (κ3) is 3.48. The Morgan fingerprint density at radius 2 is 2.10 bits per heavy atom. The highest BCUT2D eigenvalue weighted by atomic mass is 19.4. The number of esters is 1. The zero-order valence-electron chi connectivity index (χ0n) is 10.8. The van der Waals surface area contributed by atoms with E-state index >= 15 is 0 Å². The van der Waals surface area contributed by atoms with Gasteiger partial charge in [-0.2, -0.15) is 18.4 Å². The van der Waals surface area contributed by atoms with Crippen molar-refractivity contribution in [2.75, 3.05) is 6.61 Å². The highest BCUT2D eigenvalue weighted by Crippen LogP contribution is 2.34. The van der Waals surface area contributed by atoms with E-state index in [1.54, 1.807) is 6.92 Å². The highest BCUT2D eigenvalue weighted by molar-refractivity contribution is 5.74. The fourth-order valence-corrected chi connectivity index (χ4v) is 1.80. The molecule has 0 atom stereocenters. The molecule has 0 fully saturated rings. The van der Waals surface area contributed by atoms with Gasteiger partial charge in [0.2, 0.25) is 0 Å². The molecule has 0 heterocycles. The molecule has 20 heavy (non-hydrogen) atoms. The van der Waals surface area contributed by atoms with E-state index in [9.17, 15) is 18.0 Å². The largest absolute Gasteiger partial charge is 0.466 e. The van der Waals surface area contributed by atoms with Gasteiger partial charge in [0.05, 0.1) is 24.2 Å². The first-order valence-corrected chi connectivity index (χ1v) is 5.82. The molecule has 1 aromatic rings. The van der Waals surface area contributed by atoms with Gasteiger partial charge < -0.3 is 10.5 Å². The van der Waals surface area contributed by atoms with E-state index in [-0.39, 0.29) is 18.7 Å². The quantitative estimate of drug-likeness (QED) is 0.860. The van der Waals surface area contributed by atoms with Gasteiger partial charge in [0, 0.05) is 6.54 Å². The predicted molar refractivity (Wildman–Crippen MR) is 64.4 cm³/mol. The summed E-state index contributed by atoms with van der Waals surface area (Å²) in [5.41, 5.74) is 4.09. The first-order chi connectivity index (χ1) is 9.35. The number of rotatable bonds is 4. The minimum absolute atomic E-state index is 0.0247. The molecule has 0 saturated heterocycles. The highest BCUT2D eigenvalue weighted by Gasteiger charge is 2.35. The van der Waals surface area contributed by atoms with Gasteiger partial charge >= 0.3 is 12.1 Å². The van der Waals surface area contributed by atoms with Crippen molar-refractivity contribution in [1.82, 2.24) is 0 Å². The SMILES string of the molecule is CCOC(=O)Cc1c(CN)ccc(C(F)(F)F)c1C#N. The summed E-state index contributed by atoms with van der Waals surface area (Å²) in [5, 5.41) is 8.98. The van der Waals surface area contributed by atoms with Crippen molar-refractivity contribution in [3.8, 4) is 6.07 Å². The van der Waals surface area contributed by atoms with Crippen LogP contribution < -0.4 is 5.73 Å². The van der Waals surface area contributed by atoms with Crippen molar-refractivity contribution in [2.24, 2.45) is 5.73 Å². The Morgan fingerprint density at radius 3 is 2.55 bits per heavy atom. The molecule has 4 nitrogen and oxygen atoms in total. The monoisotopic (exact) mass is 286 g/mol. The lowest BCUT2D eigenvalue weighted by Crippen LogP contribution is -2.16. The van der Waals surface area contributed by atoms with Crippen LogP contribution in [0.25, 0.3) is 0 Å². The number of carbonyl (C=O) groups is 1. The van der Waals surface area contributed by atoms with Crippen molar-refractivity contribution in [3.63, 3.8) is 0 Å². The fourth-order valence-electron chi connectivity index (χ4n) is 1.80. The van der Waals surface area contributed by atoms with Crippen molar-refractivity contribution < 1.29 is 22.7 Å². The van der Waals surface area contributed by atoms with E-state index < -0.39 is 29.7 Å². The van der Waals surface area contributed by atoms with Crippen LogP contribution in [0.2, 0.25) is 0 Å². The summed E-state index contributed by atoms with van der Waals surface area (Å²) in [6.07, 6.45) is -5.07. The normalized spacial score (nSPS) is 11.0. The molecule has 0 saturated carbocycles. The molecule has 108 valence electrons. The maximum absolute atomic E-state index is 12.8. The first kappa shape index (κ1) is 16.0. The molecule has 2 N–H and O–H groups in total. The number of nitrogens with zero attached hydrogens (tertiary/aromatic N) is 1. The number of carbonyl (C=O) groups excluding carboxylic acids is 1. The Morgan fingerprint density at radius 1 is 1.45 bits per heavy atom. The number of nitriles is 1. The van der Waals surface area contributed by atoms with E-state index in [2.05, 4.69) is 0 Å². The zero-order valence-corrected chi connectivity index (χ0v) is 10.8. The number of nitrogens with two attached hydrogens (primary N) is 1. The summed E-state index contributed by atoms with van der Waals surface area (Å²) in [6.45, 7) is 1.62. The van der Waals surface area contributed by atoms with Gasteiger partial charge in [-0.05, 0) is 24.1 Å². The summed E-state index contributed by atoms with van der Waals surface area (Å²) in [6, 6.07) is 3.49. The molecular formula is C13H13F3N2O2. The third-order valence-electron chi connectivity index (χ3n) is 2.67. The first-order valence-electron chi connectivity index (χ1n) is 5.82. The standard InChI is InChI=1S/C13H13F3N2O2/c1-2-20-12(19)5-9-8(6-17)3-4-11(10(9)7-18)13(14,15)16/h3-4H,2,5-6,17H2,1H3. The topological polar surface area (TPSA) is 76.1 Å². The van der Waals surface area contributed by atoms with E-state index in [0.29, 0.717) is 5.56 Å². The summed E-state index contributed by atoms with van der Waals surface area (Å²) in [7, 11) is 0. The second kappa shape index (κ2) is 6.39. The van der Waals surface area contributed by atoms with Crippen LogP contribution in [0.1, 0.15) is 29.2 Å². The fraction of sp³-hybridized carbons (Fsp3) is 0.385. The van der Waals surface area contributed by atoms with Crippen LogP contribution in [0.4, 0.5) is 13.2 Å². The summed E-state index contributed by atoms with van der Waals surface area (Å²) in [4.78, 5) is 11.5. The van der Waals surface area contributed by atoms with Gasteiger partial charge in [-0.3, -0.25) is 4.79 Å². The summed E-state index contributed by atoms with van der Waals surface area (Å²) < 4.78 is 43.2. The molecule has 0 aromatic heterocycles. The van der Waals surface area contributed by atoms with Crippen LogP contribution in [0, 0.1) is 11.3 Å². The maximum Gasteiger partial charge on any atom is 0.417 e. The Kier molecular flexibility index (Phi) is 5.11. The number of benzene rings is 1. The van der Waals surface area contributed by atoms with Crippen molar-refractivity contribution in [3.05, 3.63) is 34.4 Å². The lowest BCUT2D eigenvalue weighted by atomic mass is 9.94. The van der Waals surface area contributed by atoms with E-state index in [1.165, 1.54) is 12.1 Å². The number of alkyl halides is 3. The molecule has 0 amide bonds. The second-order valence-electron chi connectivity index (χ2n) is 3.92. The average molecular weight is 286 g/mol. The van der Waals surface area contributed by atoms with E-state index in [0.717, 1.165) is 6.07 Å². The minimum atomic E-state index is -4.67. The van der Waals surface area contributed by atoms with E-state index in [4.69, 9.17) is 15.7 Å². The Labute approximate surface area is 113 Å². The molecule has 1 rings (SSSR count). The molecule has 0 unspecified atom stereocenters. The van der Waals surface area contributed by atoms with Gasteiger partial charge in [-0.25, -0.2) is 0 Å². The maximum atomic E-state index is 12.8. The summed E-state index contributed by atoms with van der Waals surface area (Å²) >= 11 is 0. The molecule has 1 aromatic carbocycles. The predicted octanol–water partition coefficient (Wildman–Crippen LogP) is 2.14. The third-order valence-corrected chi connectivity index (χ3v) is 2.67. The van der Waals surface area contributed by atoms with Gasteiger partial charge in [0.25, 0.3) is 0 Å². The van der Waals surface area contributed by atoms with E-state index in [1.807, 2.05) is 0 Å². The molecular weight excluding hydrogens is 273 g/mol. The van der Waals surface area contributed by atoms with Gasteiger partial charge in [0.15, 0.2) is 0 Å². The number of halogens is 3. The molecule has 0 aliphatic heterocycles. The van der Waals surface area contributed by atoms with Crippen LogP contribution in [0.5, 0.6) is 0 Å². The van der Waals surface area contributed by atoms with Crippen LogP contribution in [0.3, 0.4) is 0 Å². The van der Waals surface area contributed by atoms with Crippen molar-refractivity contribution >= 4 is 5.97 Å². The smallest absolute Gasteiger partial charge is 0.417 e. The molecule has 7 heteroatoms. The number of ether oxygens (including phenoxy) is 1. The van der Waals surface area contributed by atoms with Gasteiger partial charge in [0.1, 0.15) is 6.07 Å². The minimum Gasteiger partial charge on any atom is -0.466 e. The van der Waals surface area contributed by atoms with Crippen molar-refractivity contribution in [1.29, 1.82) is 5.26 Å².